The Morgan fingerprint density at radius 2 is 1.68 bits per heavy atom. The lowest BCUT2D eigenvalue weighted by Gasteiger charge is -2.06. The van der Waals surface area contributed by atoms with E-state index in [0.717, 1.165) is 29.0 Å². The Balaban J connectivity index is 1.63. The van der Waals surface area contributed by atoms with Crippen LogP contribution < -0.4 is 4.74 Å². The molecule has 1 aromatic heterocycles. The lowest BCUT2D eigenvalue weighted by molar-refractivity contribution is -0.137. The molecule has 0 atom stereocenters. The van der Waals surface area contributed by atoms with Crippen LogP contribution in [0, 0.1) is 0 Å². The molecule has 0 spiro atoms. The van der Waals surface area contributed by atoms with Crippen LogP contribution in [0.2, 0.25) is 0 Å². The van der Waals surface area contributed by atoms with Crippen molar-refractivity contribution in [1.82, 2.24) is 10.2 Å². The van der Waals surface area contributed by atoms with Crippen LogP contribution in [0.1, 0.15) is 11.1 Å². The summed E-state index contributed by atoms with van der Waals surface area (Å²) in [6, 6.07) is 12.2. The third-order valence-corrected chi connectivity index (χ3v) is 4.28. The molecule has 0 aliphatic heterocycles. The fraction of sp³-hybridized carbons (Fsp3) is 0.176. The van der Waals surface area contributed by atoms with Crippen LogP contribution >= 0.6 is 11.8 Å². The molecule has 0 aliphatic carbocycles. The van der Waals surface area contributed by atoms with E-state index in [1.54, 1.807) is 31.4 Å². The second-order valence-corrected chi connectivity index (χ2v) is 6.01. The van der Waals surface area contributed by atoms with Crippen LogP contribution in [-0.2, 0) is 11.9 Å². The van der Waals surface area contributed by atoms with E-state index in [2.05, 4.69) is 10.2 Å². The van der Waals surface area contributed by atoms with E-state index >= 15 is 0 Å². The summed E-state index contributed by atoms with van der Waals surface area (Å²) in [6.45, 7) is 0. The van der Waals surface area contributed by atoms with Gasteiger partial charge < -0.3 is 9.15 Å². The van der Waals surface area contributed by atoms with E-state index in [-0.39, 0.29) is 0 Å². The molecule has 2 aromatic carbocycles. The highest BCUT2D eigenvalue weighted by Crippen LogP contribution is 2.31. The molecule has 0 radical (unpaired) electrons. The number of rotatable bonds is 5. The molecule has 130 valence electrons. The van der Waals surface area contributed by atoms with Gasteiger partial charge >= 0.3 is 6.18 Å². The second kappa shape index (κ2) is 7.18. The molecular formula is C17H13F3N2O2S. The summed E-state index contributed by atoms with van der Waals surface area (Å²) in [4.78, 5) is 0. The number of ether oxygens (including phenoxy) is 1. The summed E-state index contributed by atoms with van der Waals surface area (Å²) < 4.78 is 48.3. The molecule has 25 heavy (non-hydrogen) atoms. The summed E-state index contributed by atoms with van der Waals surface area (Å²) in [7, 11) is 1.58. The first-order valence-corrected chi connectivity index (χ1v) is 8.21. The molecular weight excluding hydrogens is 353 g/mol. The molecule has 0 saturated carbocycles. The molecule has 0 bridgehead atoms. The Morgan fingerprint density at radius 1 is 1.00 bits per heavy atom. The van der Waals surface area contributed by atoms with E-state index in [4.69, 9.17) is 9.15 Å². The van der Waals surface area contributed by atoms with Gasteiger partial charge in [0.15, 0.2) is 0 Å². The Kier molecular flexibility index (Phi) is 4.98. The van der Waals surface area contributed by atoms with Crippen LogP contribution in [0.15, 0.2) is 58.2 Å². The fourth-order valence-electron chi connectivity index (χ4n) is 2.05. The summed E-state index contributed by atoms with van der Waals surface area (Å²) in [5.74, 6) is 1.53. The van der Waals surface area contributed by atoms with Crippen molar-refractivity contribution in [2.45, 2.75) is 17.2 Å². The highest BCUT2D eigenvalue weighted by molar-refractivity contribution is 7.98. The van der Waals surface area contributed by atoms with Gasteiger partial charge in [0.1, 0.15) is 5.75 Å². The standard InChI is InChI=1S/C17H13F3N2O2S/c1-23-14-8-4-12(5-9-14)15-21-22-16(24-15)25-10-11-2-6-13(7-3-11)17(18,19)20/h2-9H,10H2,1H3. The molecule has 0 N–H and O–H groups in total. The van der Waals surface area contributed by atoms with Gasteiger partial charge in [0.25, 0.3) is 5.22 Å². The maximum absolute atomic E-state index is 12.5. The van der Waals surface area contributed by atoms with Crippen LogP contribution in [0.3, 0.4) is 0 Å². The number of halogens is 3. The van der Waals surface area contributed by atoms with E-state index in [9.17, 15) is 13.2 Å². The van der Waals surface area contributed by atoms with Gasteiger partial charge in [-0.1, -0.05) is 23.9 Å². The van der Waals surface area contributed by atoms with Crippen molar-refractivity contribution in [3.63, 3.8) is 0 Å². The van der Waals surface area contributed by atoms with Crippen molar-refractivity contribution in [3.05, 3.63) is 59.7 Å². The van der Waals surface area contributed by atoms with Gasteiger partial charge in [-0.15, -0.1) is 10.2 Å². The number of aromatic nitrogens is 2. The lowest BCUT2D eigenvalue weighted by Crippen LogP contribution is -2.04. The topological polar surface area (TPSA) is 48.2 Å². The molecule has 8 heteroatoms. The first kappa shape index (κ1) is 17.3. The third kappa shape index (κ3) is 4.33. The molecule has 3 rings (SSSR count). The fourth-order valence-corrected chi connectivity index (χ4v) is 2.77. The van der Waals surface area contributed by atoms with Gasteiger partial charge in [0.05, 0.1) is 12.7 Å². The number of alkyl halides is 3. The van der Waals surface area contributed by atoms with Gasteiger partial charge in [-0.05, 0) is 42.0 Å². The van der Waals surface area contributed by atoms with Crippen molar-refractivity contribution in [2.75, 3.05) is 7.11 Å². The number of nitrogens with zero attached hydrogens (tertiary/aromatic N) is 2. The minimum absolute atomic E-state index is 0.353. The minimum Gasteiger partial charge on any atom is -0.497 e. The predicted octanol–water partition coefficient (Wildman–Crippen LogP) is 5.06. The van der Waals surface area contributed by atoms with Crippen LogP contribution in [0.5, 0.6) is 5.75 Å². The van der Waals surface area contributed by atoms with Gasteiger partial charge in [-0.2, -0.15) is 13.2 Å². The molecule has 1 heterocycles. The summed E-state index contributed by atoms with van der Waals surface area (Å²) in [5, 5.41) is 8.27. The zero-order valence-electron chi connectivity index (χ0n) is 13.1. The van der Waals surface area contributed by atoms with E-state index in [1.807, 2.05) is 0 Å². The average molecular weight is 366 g/mol. The van der Waals surface area contributed by atoms with Crippen molar-refractivity contribution in [3.8, 4) is 17.2 Å². The number of thioether (sulfide) groups is 1. The first-order valence-electron chi connectivity index (χ1n) is 7.22. The first-order chi connectivity index (χ1) is 12.0. The number of hydrogen-bond donors (Lipinski definition) is 0. The average Bonchev–Trinajstić information content (AvgIpc) is 3.09. The molecule has 4 nitrogen and oxygen atoms in total. The maximum Gasteiger partial charge on any atom is 0.416 e. The van der Waals surface area contributed by atoms with Gasteiger partial charge in [-0.25, -0.2) is 0 Å². The smallest absolute Gasteiger partial charge is 0.416 e. The second-order valence-electron chi connectivity index (χ2n) is 5.08. The number of hydrogen-bond acceptors (Lipinski definition) is 5. The monoisotopic (exact) mass is 366 g/mol. The molecule has 3 aromatic rings. The maximum atomic E-state index is 12.5. The number of methoxy groups -OCH3 is 1. The Hall–Kier alpha value is -2.48. The van der Waals surface area contributed by atoms with Crippen molar-refractivity contribution >= 4 is 11.8 Å². The zero-order chi connectivity index (χ0) is 17.9. The van der Waals surface area contributed by atoms with Crippen LogP contribution in [-0.4, -0.2) is 17.3 Å². The lowest BCUT2D eigenvalue weighted by atomic mass is 10.1. The van der Waals surface area contributed by atoms with Crippen molar-refractivity contribution in [1.29, 1.82) is 0 Å². The summed E-state index contributed by atoms with van der Waals surface area (Å²) in [5.41, 5.74) is 0.831. The molecule has 0 unspecified atom stereocenters. The van der Waals surface area contributed by atoms with Gasteiger partial charge in [-0.3, -0.25) is 0 Å². The van der Waals surface area contributed by atoms with Crippen LogP contribution in [0.25, 0.3) is 11.5 Å². The largest absolute Gasteiger partial charge is 0.497 e. The van der Waals surface area contributed by atoms with Crippen molar-refractivity contribution in [2.24, 2.45) is 0 Å². The predicted molar refractivity (Wildman–Crippen MR) is 87.3 cm³/mol. The van der Waals surface area contributed by atoms with Gasteiger partial charge in [0, 0.05) is 11.3 Å². The SMILES string of the molecule is COc1ccc(-c2nnc(SCc3ccc(C(F)(F)F)cc3)o2)cc1. The van der Waals surface area contributed by atoms with Crippen LogP contribution in [0.4, 0.5) is 13.2 Å². The minimum atomic E-state index is -4.33. The zero-order valence-corrected chi connectivity index (χ0v) is 13.9. The molecule has 0 aliphatic rings. The van der Waals surface area contributed by atoms with Crippen molar-refractivity contribution < 1.29 is 22.3 Å². The third-order valence-electron chi connectivity index (χ3n) is 3.39. The molecule has 0 amide bonds. The summed E-state index contributed by atoms with van der Waals surface area (Å²) in [6.07, 6.45) is -4.33. The van der Waals surface area contributed by atoms with Gasteiger partial charge in [0.2, 0.25) is 5.89 Å². The highest BCUT2D eigenvalue weighted by Gasteiger charge is 2.29. The highest BCUT2D eigenvalue weighted by atomic mass is 32.2. The quantitative estimate of drug-likeness (QED) is 0.591. The van der Waals surface area contributed by atoms with E-state index < -0.39 is 11.7 Å². The number of benzene rings is 2. The Morgan fingerprint density at radius 3 is 2.28 bits per heavy atom. The molecule has 0 fully saturated rings. The van der Waals surface area contributed by atoms with E-state index in [0.29, 0.717) is 16.9 Å². The Labute approximate surface area is 146 Å². The normalized spacial score (nSPS) is 11.5. The van der Waals surface area contributed by atoms with E-state index in [1.165, 1.54) is 23.9 Å². The summed E-state index contributed by atoms with van der Waals surface area (Å²) >= 11 is 1.26. The molecule has 0 saturated heterocycles. The Bertz CT molecular complexity index is 830.